The summed E-state index contributed by atoms with van der Waals surface area (Å²) in [6, 6.07) is 7.80. The Morgan fingerprint density at radius 2 is 1.63 bits per heavy atom. The molecule has 1 heterocycles. The van der Waals surface area contributed by atoms with E-state index >= 15 is 0 Å². The zero-order valence-corrected chi connectivity index (χ0v) is 16.9. The van der Waals surface area contributed by atoms with Gasteiger partial charge in [0.15, 0.2) is 17.3 Å². The topological polar surface area (TPSA) is 74.3 Å². The number of rotatable bonds is 8. The van der Waals surface area contributed by atoms with Crippen LogP contribution in [0.1, 0.15) is 26.2 Å². The first-order valence-electron chi connectivity index (χ1n) is 10.1. The molecule has 0 N–H and O–H groups in total. The van der Waals surface area contributed by atoms with Crippen molar-refractivity contribution < 1.29 is 13.7 Å². The monoisotopic (exact) mass is 417 g/mol. The highest BCUT2D eigenvalue weighted by atomic mass is 19.1. The van der Waals surface area contributed by atoms with Gasteiger partial charge in [-0.05, 0) is 37.2 Å². The van der Waals surface area contributed by atoms with Gasteiger partial charge in [0.25, 0.3) is 5.69 Å². The SMILES string of the molecule is CCCCCN1CCN(c2cc(F)c(N=Nc3ccc([N+](=O)[O-])cc3)c(F)c2)CC1. The highest BCUT2D eigenvalue weighted by Gasteiger charge is 2.20. The molecule has 0 radical (unpaired) electrons. The summed E-state index contributed by atoms with van der Waals surface area (Å²) < 4.78 is 29.0. The van der Waals surface area contributed by atoms with E-state index in [2.05, 4.69) is 22.1 Å². The third-order valence-electron chi connectivity index (χ3n) is 5.14. The molecule has 1 saturated heterocycles. The second-order valence-corrected chi connectivity index (χ2v) is 7.27. The van der Waals surface area contributed by atoms with Gasteiger partial charge in [-0.3, -0.25) is 15.0 Å². The number of anilines is 1. The Labute approximate surface area is 174 Å². The van der Waals surface area contributed by atoms with E-state index in [-0.39, 0.29) is 11.4 Å². The van der Waals surface area contributed by atoms with Gasteiger partial charge >= 0.3 is 0 Å². The second-order valence-electron chi connectivity index (χ2n) is 7.27. The number of nitro groups is 1. The van der Waals surface area contributed by atoms with Gasteiger partial charge in [-0.2, -0.15) is 5.11 Å². The van der Waals surface area contributed by atoms with Gasteiger partial charge in [-0.25, -0.2) is 8.78 Å². The lowest BCUT2D eigenvalue weighted by atomic mass is 10.2. The van der Waals surface area contributed by atoms with E-state index in [0.29, 0.717) is 18.8 Å². The quantitative estimate of drug-likeness (QED) is 0.242. The van der Waals surface area contributed by atoms with Crippen LogP contribution in [0.15, 0.2) is 46.6 Å². The zero-order valence-electron chi connectivity index (χ0n) is 16.9. The molecule has 0 aromatic heterocycles. The largest absolute Gasteiger partial charge is 0.369 e. The molecule has 1 aliphatic heterocycles. The maximum atomic E-state index is 14.5. The van der Waals surface area contributed by atoms with Crippen molar-refractivity contribution in [2.75, 3.05) is 37.6 Å². The van der Waals surface area contributed by atoms with Crippen molar-refractivity contribution >= 4 is 22.7 Å². The molecule has 160 valence electrons. The van der Waals surface area contributed by atoms with Crippen LogP contribution in [0, 0.1) is 21.7 Å². The Morgan fingerprint density at radius 3 is 2.20 bits per heavy atom. The van der Waals surface area contributed by atoms with Gasteiger partial charge in [-0.15, -0.1) is 5.11 Å². The fraction of sp³-hybridized carbons (Fsp3) is 0.429. The summed E-state index contributed by atoms with van der Waals surface area (Å²) in [5, 5.41) is 18.1. The van der Waals surface area contributed by atoms with Crippen LogP contribution >= 0.6 is 0 Å². The Kier molecular flexibility index (Phi) is 7.40. The molecule has 0 amide bonds. The predicted octanol–water partition coefficient (Wildman–Crippen LogP) is 5.60. The molecular formula is C21H25F2N5O2. The van der Waals surface area contributed by atoms with Crippen LogP contribution in [-0.4, -0.2) is 42.5 Å². The Hall–Kier alpha value is -2.94. The van der Waals surface area contributed by atoms with Gasteiger partial charge in [0, 0.05) is 44.0 Å². The smallest absolute Gasteiger partial charge is 0.269 e. The molecule has 1 fully saturated rings. The van der Waals surface area contributed by atoms with E-state index in [9.17, 15) is 18.9 Å². The maximum absolute atomic E-state index is 14.5. The van der Waals surface area contributed by atoms with E-state index in [4.69, 9.17) is 0 Å². The van der Waals surface area contributed by atoms with Crippen molar-refractivity contribution in [1.29, 1.82) is 0 Å². The lowest BCUT2D eigenvalue weighted by Crippen LogP contribution is -2.46. The molecule has 3 rings (SSSR count). The normalized spacial score (nSPS) is 15.1. The lowest BCUT2D eigenvalue weighted by molar-refractivity contribution is -0.384. The standard InChI is InChI=1S/C21H25F2N5O2/c1-2-3-4-9-26-10-12-27(13-11-26)18-14-19(22)21(20(23)15-18)25-24-16-5-7-17(8-6-16)28(29)30/h5-8,14-15H,2-4,9-13H2,1H3. The van der Waals surface area contributed by atoms with Crippen molar-refractivity contribution in [1.82, 2.24) is 4.90 Å². The number of unbranched alkanes of at least 4 members (excludes halogenated alkanes) is 2. The fourth-order valence-electron chi connectivity index (χ4n) is 3.39. The summed E-state index contributed by atoms with van der Waals surface area (Å²) >= 11 is 0. The minimum absolute atomic E-state index is 0.0962. The summed E-state index contributed by atoms with van der Waals surface area (Å²) in [6.45, 7) is 6.41. The molecule has 30 heavy (non-hydrogen) atoms. The summed E-state index contributed by atoms with van der Waals surface area (Å²) in [6.07, 6.45) is 3.58. The third-order valence-corrected chi connectivity index (χ3v) is 5.14. The van der Waals surface area contributed by atoms with E-state index < -0.39 is 22.2 Å². The van der Waals surface area contributed by atoms with E-state index in [1.54, 1.807) is 0 Å². The average molecular weight is 417 g/mol. The number of piperazine rings is 1. The van der Waals surface area contributed by atoms with Crippen LogP contribution in [0.5, 0.6) is 0 Å². The average Bonchev–Trinajstić information content (AvgIpc) is 2.74. The molecule has 9 heteroatoms. The molecule has 0 atom stereocenters. The van der Waals surface area contributed by atoms with E-state index in [1.165, 1.54) is 55.7 Å². The molecule has 0 bridgehead atoms. The summed E-state index contributed by atoms with van der Waals surface area (Å²) in [5.41, 5.74) is 0.187. The number of benzene rings is 2. The number of non-ortho nitro benzene ring substituents is 1. The van der Waals surface area contributed by atoms with Gasteiger partial charge in [0.05, 0.1) is 10.6 Å². The number of nitrogens with zero attached hydrogens (tertiary/aromatic N) is 5. The molecule has 2 aromatic rings. The minimum Gasteiger partial charge on any atom is -0.369 e. The molecule has 0 aliphatic carbocycles. The van der Waals surface area contributed by atoms with Crippen molar-refractivity contribution in [2.24, 2.45) is 10.2 Å². The molecular weight excluding hydrogens is 392 g/mol. The number of hydrogen-bond donors (Lipinski definition) is 0. The third kappa shape index (κ3) is 5.56. The first kappa shape index (κ1) is 21.8. The number of azo groups is 1. The molecule has 2 aromatic carbocycles. The van der Waals surface area contributed by atoms with Crippen molar-refractivity contribution in [3.8, 4) is 0 Å². The Morgan fingerprint density at radius 1 is 1.00 bits per heavy atom. The van der Waals surface area contributed by atoms with Crippen molar-refractivity contribution in [3.05, 3.63) is 58.1 Å². The summed E-state index contributed by atoms with van der Waals surface area (Å²) in [7, 11) is 0. The summed E-state index contributed by atoms with van der Waals surface area (Å²) in [4.78, 5) is 14.5. The molecule has 0 saturated carbocycles. The van der Waals surface area contributed by atoms with Crippen LogP contribution in [0.4, 0.5) is 31.5 Å². The maximum Gasteiger partial charge on any atom is 0.269 e. The first-order valence-corrected chi connectivity index (χ1v) is 10.1. The number of halogens is 2. The van der Waals surface area contributed by atoms with Gasteiger partial charge in [0.1, 0.15) is 0 Å². The molecule has 7 nitrogen and oxygen atoms in total. The van der Waals surface area contributed by atoms with Gasteiger partial charge in [0.2, 0.25) is 0 Å². The Balaban J connectivity index is 1.65. The van der Waals surface area contributed by atoms with Crippen LogP contribution in [-0.2, 0) is 0 Å². The van der Waals surface area contributed by atoms with Crippen LogP contribution in [0.25, 0.3) is 0 Å². The minimum atomic E-state index is -0.791. The molecule has 0 spiro atoms. The molecule has 0 unspecified atom stereocenters. The summed E-state index contributed by atoms with van der Waals surface area (Å²) in [5.74, 6) is -1.58. The lowest BCUT2D eigenvalue weighted by Gasteiger charge is -2.36. The first-order chi connectivity index (χ1) is 14.5. The molecule has 1 aliphatic rings. The van der Waals surface area contributed by atoms with Gasteiger partial charge in [-0.1, -0.05) is 19.8 Å². The van der Waals surface area contributed by atoms with Gasteiger partial charge < -0.3 is 4.90 Å². The number of hydrogen-bond acceptors (Lipinski definition) is 6. The van der Waals surface area contributed by atoms with Crippen LogP contribution < -0.4 is 4.90 Å². The van der Waals surface area contributed by atoms with Crippen LogP contribution in [0.3, 0.4) is 0 Å². The Bertz CT molecular complexity index is 874. The fourth-order valence-corrected chi connectivity index (χ4v) is 3.39. The zero-order chi connectivity index (χ0) is 21.5. The van der Waals surface area contributed by atoms with Crippen LogP contribution in [0.2, 0.25) is 0 Å². The second kappa shape index (κ2) is 10.2. The highest BCUT2D eigenvalue weighted by Crippen LogP contribution is 2.30. The predicted molar refractivity (Wildman–Crippen MR) is 112 cm³/mol. The van der Waals surface area contributed by atoms with E-state index in [0.717, 1.165) is 19.6 Å². The van der Waals surface area contributed by atoms with Crippen molar-refractivity contribution in [3.63, 3.8) is 0 Å². The van der Waals surface area contributed by atoms with Crippen molar-refractivity contribution in [2.45, 2.75) is 26.2 Å². The highest BCUT2D eigenvalue weighted by molar-refractivity contribution is 5.55. The van der Waals surface area contributed by atoms with E-state index in [1.807, 2.05) is 4.90 Å². The number of nitro benzene ring substituents is 1.